The van der Waals surface area contributed by atoms with Gasteiger partial charge in [-0.05, 0) is 24.4 Å². The van der Waals surface area contributed by atoms with Crippen LogP contribution in [-0.4, -0.2) is 17.4 Å². The van der Waals surface area contributed by atoms with Gasteiger partial charge in [-0.3, -0.25) is 4.79 Å². The highest BCUT2D eigenvalue weighted by atomic mass is 32.1. The maximum atomic E-state index is 12.2. The number of hydrogen-bond donors (Lipinski definition) is 1. The molecule has 2 aromatic rings. The zero-order chi connectivity index (χ0) is 12.3. The van der Waals surface area contributed by atoms with Crippen molar-refractivity contribution in [3.8, 4) is 0 Å². The molecule has 0 unspecified atom stereocenters. The van der Waals surface area contributed by atoms with Crippen molar-refractivity contribution in [1.82, 2.24) is 4.90 Å². The van der Waals surface area contributed by atoms with Crippen LogP contribution in [0.5, 0.6) is 0 Å². The van der Waals surface area contributed by atoms with E-state index in [2.05, 4.69) is 18.7 Å². The van der Waals surface area contributed by atoms with Crippen LogP contribution >= 0.6 is 35.3 Å². The molecule has 0 fully saturated rings. The van der Waals surface area contributed by atoms with Gasteiger partial charge < -0.3 is 4.90 Å². The Balaban J connectivity index is 2.10. The van der Waals surface area contributed by atoms with Crippen molar-refractivity contribution in [3.05, 3.63) is 38.7 Å². The summed E-state index contributed by atoms with van der Waals surface area (Å²) in [6.07, 6.45) is 0. The van der Waals surface area contributed by atoms with Crippen LogP contribution in [-0.2, 0) is 6.54 Å². The Kier molecular flexibility index (Phi) is 4.25. The highest BCUT2D eigenvalue weighted by Gasteiger charge is 2.16. The molecule has 0 bridgehead atoms. The van der Waals surface area contributed by atoms with Crippen molar-refractivity contribution in [2.45, 2.75) is 18.4 Å². The number of rotatable bonds is 4. The molecule has 2 nitrogen and oxygen atoms in total. The molecule has 0 aliphatic rings. The topological polar surface area (TPSA) is 20.3 Å². The molecule has 5 heteroatoms. The van der Waals surface area contributed by atoms with Gasteiger partial charge in [0.2, 0.25) is 0 Å². The molecular formula is C12H13NOS3. The van der Waals surface area contributed by atoms with E-state index in [1.54, 1.807) is 11.3 Å². The Bertz CT molecular complexity index is 490. The summed E-state index contributed by atoms with van der Waals surface area (Å²) in [6.45, 7) is 3.41. The summed E-state index contributed by atoms with van der Waals surface area (Å²) in [4.78, 5) is 16.9. The first-order chi connectivity index (χ1) is 8.20. The molecule has 1 amide bonds. The van der Waals surface area contributed by atoms with Gasteiger partial charge in [0.1, 0.15) is 0 Å². The van der Waals surface area contributed by atoms with Crippen LogP contribution in [0, 0.1) is 0 Å². The van der Waals surface area contributed by atoms with Gasteiger partial charge in [0.25, 0.3) is 5.91 Å². The van der Waals surface area contributed by atoms with Gasteiger partial charge in [-0.2, -0.15) is 0 Å². The predicted molar refractivity (Wildman–Crippen MR) is 76.3 cm³/mol. The van der Waals surface area contributed by atoms with Gasteiger partial charge >= 0.3 is 0 Å². The van der Waals surface area contributed by atoms with Gasteiger partial charge in [-0.1, -0.05) is 6.07 Å². The Labute approximate surface area is 114 Å². The van der Waals surface area contributed by atoms with E-state index >= 15 is 0 Å². The van der Waals surface area contributed by atoms with E-state index in [0.717, 1.165) is 16.3 Å². The number of carbonyl (C=O) groups is 1. The quantitative estimate of drug-likeness (QED) is 0.847. The summed E-state index contributed by atoms with van der Waals surface area (Å²) in [5, 5.41) is 3.92. The molecule has 2 rings (SSSR count). The van der Waals surface area contributed by atoms with Gasteiger partial charge in [-0.15, -0.1) is 35.3 Å². The maximum Gasteiger partial charge on any atom is 0.264 e. The van der Waals surface area contributed by atoms with Crippen LogP contribution in [0.1, 0.15) is 21.5 Å². The Hall–Kier alpha value is -0.780. The lowest BCUT2D eigenvalue weighted by atomic mass is 10.3. The zero-order valence-electron chi connectivity index (χ0n) is 9.42. The SMILES string of the molecule is CCN(Cc1cccs1)C(=O)c1cc(S)cs1. The van der Waals surface area contributed by atoms with Crippen molar-refractivity contribution >= 4 is 41.2 Å². The van der Waals surface area contributed by atoms with Gasteiger partial charge in [0, 0.05) is 21.7 Å². The summed E-state index contributed by atoms with van der Waals surface area (Å²) >= 11 is 7.36. The summed E-state index contributed by atoms with van der Waals surface area (Å²) in [6, 6.07) is 5.89. The predicted octanol–water partition coefficient (Wildman–Crippen LogP) is 3.76. The van der Waals surface area contributed by atoms with E-state index < -0.39 is 0 Å². The normalized spacial score (nSPS) is 10.5. The molecule has 17 heavy (non-hydrogen) atoms. The smallest absolute Gasteiger partial charge is 0.264 e. The fraction of sp³-hybridized carbons (Fsp3) is 0.250. The molecule has 0 aromatic carbocycles. The molecule has 0 spiro atoms. The van der Waals surface area contributed by atoms with E-state index in [4.69, 9.17) is 0 Å². The van der Waals surface area contributed by atoms with E-state index in [1.165, 1.54) is 16.2 Å². The van der Waals surface area contributed by atoms with Crippen molar-refractivity contribution < 1.29 is 4.79 Å². The third-order valence-corrected chi connectivity index (χ3v) is 4.60. The van der Waals surface area contributed by atoms with E-state index in [0.29, 0.717) is 6.54 Å². The van der Waals surface area contributed by atoms with Gasteiger partial charge in [0.05, 0.1) is 11.4 Å². The first kappa shape index (κ1) is 12.7. The van der Waals surface area contributed by atoms with Crippen molar-refractivity contribution in [2.75, 3.05) is 6.54 Å². The Morgan fingerprint density at radius 3 is 2.82 bits per heavy atom. The van der Waals surface area contributed by atoms with Crippen molar-refractivity contribution in [1.29, 1.82) is 0 Å². The maximum absolute atomic E-state index is 12.2. The lowest BCUT2D eigenvalue weighted by Crippen LogP contribution is -2.29. The monoisotopic (exact) mass is 283 g/mol. The minimum atomic E-state index is 0.0891. The molecule has 0 saturated carbocycles. The number of amides is 1. The second-order valence-corrected chi connectivity index (χ2v) is 6.03. The molecule has 0 atom stereocenters. The van der Waals surface area contributed by atoms with Crippen LogP contribution < -0.4 is 0 Å². The minimum absolute atomic E-state index is 0.0891. The van der Waals surface area contributed by atoms with E-state index in [9.17, 15) is 4.79 Å². The highest BCUT2D eigenvalue weighted by Crippen LogP contribution is 2.21. The second kappa shape index (κ2) is 5.71. The molecule has 0 N–H and O–H groups in total. The fourth-order valence-corrected chi connectivity index (χ4v) is 3.35. The van der Waals surface area contributed by atoms with E-state index in [-0.39, 0.29) is 5.91 Å². The average Bonchev–Trinajstić information content (AvgIpc) is 2.96. The zero-order valence-corrected chi connectivity index (χ0v) is 11.9. The number of carbonyl (C=O) groups excluding carboxylic acids is 1. The Morgan fingerprint density at radius 2 is 2.29 bits per heavy atom. The third-order valence-electron chi connectivity index (χ3n) is 2.39. The minimum Gasteiger partial charge on any atom is -0.333 e. The van der Waals surface area contributed by atoms with E-state index in [1.807, 2.05) is 34.7 Å². The standard InChI is InChI=1S/C12H13NOS3/c1-2-13(7-10-4-3-5-16-10)12(14)11-6-9(15)8-17-11/h3-6,8,15H,2,7H2,1H3. The summed E-state index contributed by atoms with van der Waals surface area (Å²) in [5.41, 5.74) is 0. The molecule has 90 valence electrons. The van der Waals surface area contributed by atoms with Gasteiger partial charge in [0.15, 0.2) is 0 Å². The first-order valence-electron chi connectivity index (χ1n) is 5.30. The summed E-state index contributed by atoms with van der Waals surface area (Å²) in [5.74, 6) is 0.0891. The van der Waals surface area contributed by atoms with Crippen LogP contribution in [0.3, 0.4) is 0 Å². The summed E-state index contributed by atoms with van der Waals surface area (Å²) < 4.78 is 0. The largest absolute Gasteiger partial charge is 0.333 e. The highest BCUT2D eigenvalue weighted by molar-refractivity contribution is 7.80. The summed E-state index contributed by atoms with van der Waals surface area (Å²) in [7, 11) is 0. The van der Waals surface area contributed by atoms with Crippen LogP contribution in [0.2, 0.25) is 0 Å². The molecule has 2 heterocycles. The lowest BCUT2D eigenvalue weighted by Gasteiger charge is -2.19. The number of thiophene rings is 2. The van der Waals surface area contributed by atoms with Gasteiger partial charge in [-0.25, -0.2) is 0 Å². The number of nitrogens with zero attached hydrogens (tertiary/aromatic N) is 1. The average molecular weight is 283 g/mol. The Morgan fingerprint density at radius 1 is 1.47 bits per heavy atom. The fourth-order valence-electron chi connectivity index (χ4n) is 1.51. The molecule has 0 radical (unpaired) electrons. The molecule has 0 aliphatic heterocycles. The number of hydrogen-bond acceptors (Lipinski definition) is 4. The number of thiol groups is 1. The van der Waals surface area contributed by atoms with Crippen LogP contribution in [0.15, 0.2) is 33.9 Å². The second-order valence-electron chi connectivity index (χ2n) is 3.57. The van der Waals surface area contributed by atoms with Crippen molar-refractivity contribution in [2.24, 2.45) is 0 Å². The molecule has 0 aliphatic carbocycles. The van der Waals surface area contributed by atoms with Crippen LogP contribution in [0.4, 0.5) is 0 Å². The molecule has 0 saturated heterocycles. The molecule has 2 aromatic heterocycles. The lowest BCUT2D eigenvalue weighted by molar-refractivity contribution is 0.0759. The van der Waals surface area contributed by atoms with Crippen LogP contribution in [0.25, 0.3) is 0 Å². The van der Waals surface area contributed by atoms with Crippen molar-refractivity contribution in [3.63, 3.8) is 0 Å². The first-order valence-corrected chi connectivity index (χ1v) is 7.50. The third kappa shape index (κ3) is 3.12. The molecular weight excluding hydrogens is 270 g/mol.